The molecule has 0 saturated carbocycles. The standard InChI is InChI=1S/C71H100O55/c1-23(72)2-9-37(85)106-16-24-58-44(92)51(99)65(113-24)121-59-25(17-107-38(86)10-3-31(73)74)115-67(53(101)46(59)94)123-61-27(19-109-40(88)12-5-33(77)78)117-69(55(103)48(61)96)125-63-29(21-111-42(90)14-7-35(81)82)119-71(57(105)50(63)98)126-64-30(22-112-43(91)15-8-36(83)84)118-70(56(104)49(64)97)124-62-28(20-110-41(89)13-6-34(79)80)116-68(54(102)47(62)95)122-60-26(18-108-39(87)11-4-32(75)76)114-66(120-58)52(100)45(60)93/h24-30,44-71,92-105H,2-22H2,1H3,(H,73,74)(H,75,76)(H,77,78)(H,79,80)(H,81,82)(H,83,84)/t24-,25-,26-,27-,28-,29-,30-,44+,45+,46+,47+,48+,49+,50+,51+,52+,53+,54+,55+,56+,57-,58-,59-,60-,61-,62-,63-,64-,65-,66-,67-,68-,69-,70-,71-/m1/s1. The maximum Gasteiger partial charge on any atom is 0.306 e. The number of ketones is 1. The molecule has 21 aliphatic heterocycles. The number of rotatable bonds is 35. The van der Waals surface area contributed by atoms with E-state index in [4.69, 9.17) is 99.5 Å². The van der Waals surface area contributed by atoms with Crippen LogP contribution in [0.1, 0.15) is 96.8 Å². The fourth-order valence-electron chi connectivity index (χ4n) is 13.6. The fourth-order valence-corrected chi connectivity index (χ4v) is 13.6. The maximum absolute atomic E-state index is 13.2. The molecule has 55 heteroatoms. The summed E-state index contributed by atoms with van der Waals surface area (Å²) < 4.78 is 121. The van der Waals surface area contributed by atoms with Gasteiger partial charge in [0.25, 0.3) is 0 Å². The topological polar surface area (TPSA) is 837 Å². The lowest BCUT2D eigenvalue weighted by Gasteiger charge is -2.50. The first-order valence-corrected chi connectivity index (χ1v) is 39.0. The summed E-state index contributed by atoms with van der Waals surface area (Å²) in [6.45, 7) is -7.51. The van der Waals surface area contributed by atoms with Crippen molar-refractivity contribution in [1.82, 2.24) is 0 Å². The number of hydrogen-bond donors (Lipinski definition) is 20. The highest BCUT2D eigenvalue weighted by Gasteiger charge is 2.61. The van der Waals surface area contributed by atoms with Gasteiger partial charge >= 0.3 is 77.6 Å². The number of ether oxygens (including phenoxy) is 21. The third-order valence-electron chi connectivity index (χ3n) is 20.3. The molecular weight excluding hydrogens is 1730 g/mol. The molecule has 55 nitrogen and oxygen atoms in total. The largest absolute Gasteiger partial charge is 0.481 e. The summed E-state index contributed by atoms with van der Waals surface area (Å²) in [6.07, 6.45) is -97.7. The highest BCUT2D eigenvalue weighted by Crippen LogP contribution is 2.40. The van der Waals surface area contributed by atoms with Gasteiger partial charge in [-0.1, -0.05) is 0 Å². The SMILES string of the molecule is CC(=O)CCC(=O)OC[C@H]1O[C@@H]2O[C@H]3[C@@H](O)[C@H](O)[C@@H](O[C@H]4[C@@H](O)[C@H](O)[C@@H](O[C@H]5[C@@H](O)[C@@H](O)[C@@H](O[C@H]6[C@@H](O)[C@H](O)[C@@H](O[C@H]7[C@@H](O)[C@H](O)[C@@H](O[C@H]8[C@@H](O)[C@H](O)[C@@H](O[C@H]1[C@@H](O)[C@@H]2O)O[C@@H]8COC(=O)CCC(=O)O)O[C@@H]7COC(=O)CCC(=O)O)O[C@@H]6COC(=O)CCC(=O)O)O[C@@H]5COC(=O)CCC(=O)O)O[C@@H]4COC(=O)CCC(=O)O)O[C@@H]3COC(=O)CCC(=O)O. The fraction of sp³-hybridized carbons (Fsp3) is 0.803. The van der Waals surface area contributed by atoms with E-state index in [2.05, 4.69) is 0 Å². The van der Waals surface area contributed by atoms with Gasteiger partial charge in [0.05, 0.1) is 83.5 Å². The Kier molecular flexibility index (Phi) is 39.1. The molecule has 20 N–H and O–H groups in total. The summed E-state index contributed by atoms with van der Waals surface area (Å²) in [6, 6.07) is 0. The van der Waals surface area contributed by atoms with Gasteiger partial charge in [-0.05, 0) is 6.92 Å². The van der Waals surface area contributed by atoms with Gasteiger partial charge in [0.2, 0.25) is 0 Å². The van der Waals surface area contributed by atoms with E-state index >= 15 is 0 Å². The average molecular weight is 1830 g/mol. The van der Waals surface area contributed by atoms with Crippen molar-refractivity contribution >= 4 is 83.4 Å². The normalized spacial score (nSPS) is 37.8. The molecule has 21 aliphatic rings. The summed E-state index contributed by atoms with van der Waals surface area (Å²) in [4.78, 5) is 173. The van der Waals surface area contributed by atoms with E-state index in [0.717, 1.165) is 6.92 Å². The molecule has 0 radical (unpaired) electrons. The minimum absolute atomic E-state index is 0.444. The quantitative estimate of drug-likeness (QED) is 0.0207. The molecule has 21 heterocycles. The van der Waals surface area contributed by atoms with Crippen LogP contribution in [0.3, 0.4) is 0 Å². The zero-order valence-electron chi connectivity index (χ0n) is 66.3. The van der Waals surface area contributed by atoms with Crippen LogP contribution in [-0.2, 0) is 167 Å². The van der Waals surface area contributed by atoms with Crippen LogP contribution in [0.5, 0.6) is 0 Å². The van der Waals surface area contributed by atoms with E-state index in [1.807, 2.05) is 0 Å². The van der Waals surface area contributed by atoms with Gasteiger partial charge < -0.3 is 206 Å². The maximum atomic E-state index is 13.2. The zero-order chi connectivity index (χ0) is 93.0. The predicted octanol–water partition coefficient (Wildman–Crippen LogP) is -11.8. The number of aliphatic carboxylic acids is 6. The van der Waals surface area contributed by atoms with Crippen LogP contribution in [0.4, 0.5) is 0 Å². The van der Waals surface area contributed by atoms with Crippen LogP contribution < -0.4 is 0 Å². The Balaban J connectivity index is 1.26. The first-order chi connectivity index (χ1) is 59.4. The Morgan fingerprint density at radius 2 is 0.302 bits per heavy atom. The second kappa shape index (κ2) is 47.8. The molecule has 0 spiro atoms. The highest BCUT2D eigenvalue weighted by atomic mass is 16.8. The molecule has 0 aromatic carbocycles. The minimum atomic E-state index is -2.65. The first kappa shape index (κ1) is 103. The average Bonchev–Trinajstić information content (AvgIpc) is 0.778. The number of aliphatic hydroxyl groups is 14. The second-order valence-electron chi connectivity index (χ2n) is 29.7. The molecule has 14 bridgehead atoms. The Morgan fingerprint density at radius 1 is 0.183 bits per heavy atom. The van der Waals surface area contributed by atoms with Crippen molar-refractivity contribution in [2.45, 2.75) is 312 Å². The molecule has 21 fully saturated rings. The molecule has 126 heavy (non-hydrogen) atoms. The molecule has 0 amide bonds. The molecule has 0 aliphatic carbocycles. The summed E-state index contributed by atoms with van der Waals surface area (Å²) in [5.74, 6) is -18.9. The first-order valence-electron chi connectivity index (χ1n) is 39.0. The van der Waals surface area contributed by atoms with E-state index in [-0.39, 0.29) is 0 Å². The molecular formula is C71H100O55. The number of carbonyl (C=O) groups is 14. The third-order valence-corrected chi connectivity index (χ3v) is 20.3. The van der Waals surface area contributed by atoms with Crippen molar-refractivity contribution in [3.8, 4) is 0 Å². The summed E-state index contributed by atoms with van der Waals surface area (Å²) in [5.41, 5.74) is 0. The Labute approximate surface area is 708 Å². The summed E-state index contributed by atoms with van der Waals surface area (Å²) in [5, 5.41) is 226. The zero-order valence-corrected chi connectivity index (χ0v) is 66.3. The Morgan fingerprint density at radius 3 is 0.413 bits per heavy atom. The molecule has 21 rings (SSSR count). The molecule has 0 aromatic heterocycles. The summed E-state index contributed by atoms with van der Waals surface area (Å²) in [7, 11) is 0. The lowest BCUT2D eigenvalue weighted by atomic mass is 9.95. The van der Waals surface area contributed by atoms with E-state index in [9.17, 15) is 169 Å². The van der Waals surface area contributed by atoms with Crippen LogP contribution in [0.2, 0.25) is 0 Å². The highest BCUT2D eigenvalue weighted by molar-refractivity contribution is 5.81. The Bertz CT molecular complexity index is 3050. The van der Waals surface area contributed by atoms with Gasteiger partial charge in [0.1, 0.15) is 223 Å². The number of carboxylic acids is 6. The number of hydrogen-bond acceptors (Lipinski definition) is 49. The number of aliphatic hydroxyl groups excluding tert-OH is 14. The Hall–Kier alpha value is -8.34. The van der Waals surface area contributed by atoms with Crippen LogP contribution in [0.15, 0.2) is 0 Å². The van der Waals surface area contributed by atoms with Crippen LogP contribution in [0.25, 0.3) is 0 Å². The van der Waals surface area contributed by atoms with E-state index in [1.165, 1.54) is 0 Å². The van der Waals surface area contributed by atoms with Crippen molar-refractivity contribution in [3.05, 3.63) is 0 Å². The van der Waals surface area contributed by atoms with Crippen molar-refractivity contribution < 1.29 is 269 Å². The predicted molar refractivity (Wildman–Crippen MR) is 377 cm³/mol. The number of Topliss-reactive ketones (excluding diaryl/α,β-unsaturated/α-hetero) is 1. The molecule has 35 atom stereocenters. The van der Waals surface area contributed by atoms with Crippen LogP contribution in [-0.4, -0.2) is 447 Å². The number of carboxylic acid groups (broad SMARTS) is 6. The van der Waals surface area contributed by atoms with Gasteiger partial charge in [0, 0.05) is 6.42 Å². The molecule has 0 aromatic rings. The van der Waals surface area contributed by atoms with Crippen LogP contribution in [0, 0.1) is 0 Å². The van der Waals surface area contributed by atoms with Gasteiger partial charge in [-0.3, -0.25) is 62.3 Å². The minimum Gasteiger partial charge on any atom is -0.481 e. The van der Waals surface area contributed by atoms with Crippen molar-refractivity contribution in [2.24, 2.45) is 0 Å². The number of esters is 7. The van der Waals surface area contributed by atoms with Gasteiger partial charge in [-0.15, -0.1) is 0 Å². The van der Waals surface area contributed by atoms with E-state index in [1.54, 1.807) is 0 Å². The van der Waals surface area contributed by atoms with Crippen molar-refractivity contribution in [1.29, 1.82) is 0 Å². The second-order valence-corrected chi connectivity index (χ2v) is 29.7. The molecule has 21 saturated heterocycles. The van der Waals surface area contributed by atoms with Crippen molar-refractivity contribution in [3.63, 3.8) is 0 Å². The van der Waals surface area contributed by atoms with Gasteiger partial charge in [-0.25, -0.2) is 0 Å². The summed E-state index contributed by atoms with van der Waals surface area (Å²) >= 11 is 0. The lowest BCUT2D eigenvalue weighted by Crippen LogP contribution is -2.68. The van der Waals surface area contributed by atoms with E-state index in [0.29, 0.717) is 0 Å². The smallest absolute Gasteiger partial charge is 0.306 e. The lowest BCUT2D eigenvalue weighted by molar-refractivity contribution is -0.396. The van der Waals surface area contributed by atoms with Crippen LogP contribution >= 0.6 is 0 Å². The monoisotopic (exact) mass is 1830 g/mol. The van der Waals surface area contributed by atoms with Gasteiger partial charge in [-0.2, -0.15) is 0 Å². The van der Waals surface area contributed by atoms with E-state index < -0.39 is 434 Å². The number of carbonyl (C=O) groups excluding carboxylic acids is 8. The molecule has 714 valence electrons. The van der Waals surface area contributed by atoms with Gasteiger partial charge in [0.15, 0.2) is 44.0 Å². The van der Waals surface area contributed by atoms with Crippen molar-refractivity contribution in [2.75, 3.05) is 46.2 Å². The molecule has 0 unspecified atom stereocenters. The third kappa shape index (κ3) is 28.8.